The third-order valence-corrected chi connectivity index (χ3v) is 2.10. The van der Waals surface area contributed by atoms with Crippen LogP contribution in [0, 0.1) is 5.92 Å². The van der Waals surface area contributed by atoms with E-state index in [0.717, 1.165) is 19.3 Å². The van der Waals surface area contributed by atoms with E-state index in [0.29, 0.717) is 0 Å². The van der Waals surface area contributed by atoms with Crippen molar-refractivity contribution in [3.63, 3.8) is 0 Å². The Morgan fingerprint density at radius 3 is 2.82 bits per heavy atom. The van der Waals surface area contributed by atoms with Gasteiger partial charge < -0.3 is 10.8 Å². The molecule has 0 saturated heterocycles. The van der Waals surface area contributed by atoms with E-state index in [2.05, 4.69) is 6.08 Å². The molecule has 62 valence electrons. The molecule has 1 aliphatic carbocycles. The minimum absolute atomic E-state index is 0.137. The summed E-state index contributed by atoms with van der Waals surface area (Å²) < 4.78 is 0. The van der Waals surface area contributed by atoms with Crippen molar-refractivity contribution < 1.29 is 9.90 Å². The van der Waals surface area contributed by atoms with E-state index in [9.17, 15) is 4.79 Å². The van der Waals surface area contributed by atoms with E-state index in [1.807, 2.05) is 6.08 Å². The molecule has 0 saturated carbocycles. The van der Waals surface area contributed by atoms with Gasteiger partial charge in [-0.2, -0.15) is 0 Å². The smallest absolute Gasteiger partial charge is 0.320 e. The van der Waals surface area contributed by atoms with E-state index in [4.69, 9.17) is 10.8 Å². The highest BCUT2D eigenvalue weighted by atomic mass is 16.4. The first-order valence-electron chi connectivity index (χ1n) is 3.85. The van der Waals surface area contributed by atoms with Crippen LogP contribution in [0.5, 0.6) is 0 Å². The van der Waals surface area contributed by atoms with E-state index >= 15 is 0 Å². The largest absolute Gasteiger partial charge is 0.480 e. The molecule has 1 aliphatic rings. The lowest BCUT2D eigenvalue weighted by atomic mass is 9.88. The van der Waals surface area contributed by atoms with Crippen LogP contribution in [0.25, 0.3) is 0 Å². The van der Waals surface area contributed by atoms with Gasteiger partial charge in [-0.3, -0.25) is 4.79 Å². The summed E-state index contributed by atoms with van der Waals surface area (Å²) in [6.07, 6.45) is 6.77. The number of carboxylic acids is 1. The van der Waals surface area contributed by atoms with E-state index in [1.165, 1.54) is 0 Å². The Labute approximate surface area is 65.9 Å². The zero-order valence-corrected chi connectivity index (χ0v) is 6.36. The van der Waals surface area contributed by atoms with E-state index in [-0.39, 0.29) is 5.92 Å². The Balaban J connectivity index is 2.46. The van der Waals surface area contributed by atoms with Crippen molar-refractivity contribution in [2.45, 2.75) is 25.3 Å². The maximum atomic E-state index is 10.4. The fraction of sp³-hybridized carbons (Fsp3) is 0.625. The molecule has 0 radical (unpaired) electrons. The number of aliphatic carboxylic acids is 1. The van der Waals surface area contributed by atoms with Crippen LogP contribution >= 0.6 is 0 Å². The highest BCUT2D eigenvalue weighted by Crippen LogP contribution is 2.20. The van der Waals surface area contributed by atoms with E-state index < -0.39 is 12.0 Å². The van der Waals surface area contributed by atoms with Gasteiger partial charge in [-0.25, -0.2) is 0 Å². The molecule has 0 aromatic rings. The number of allylic oxidation sites excluding steroid dienone is 2. The molecule has 11 heavy (non-hydrogen) atoms. The molecule has 0 unspecified atom stereocenters. The summed E-state index contributed by atoms with van der Waals surface area (Å²) in [5.74, 6) is -0.747. The number of rotatable bonds is 2. The lowest BCUT2D eigenvalue weighted by molar-refractivity contribution is -0.139. The van der Waals surface area contributed by atoms with Crippen LogP contribution in [0.1, 0.15) is 19.3 Å². The van der Waals surface area contributed by atoms with Crippen LogP contribution in [-0.2, 0) is 4.79 Å². The molecule has 1 rings (SSSR count). The molecule has 0 heterocycles. The molecule has 0 bridgehead atoms. The second kappa shape index (κ2) is 3.53. The highest BCUT2D eigenvalue weighted by Gasteiger charge is 2.23. The maximum absolute atomic E-state index is 10.4. The number of carboxylic acid groups (broad SMARTS) is 1. The molecule has 3 nitrogen and oxygen atoms in total. The Bertz CT molecular complexity index is 177. The van der Waals surface area contributed by atoms with Gasteiger partial charge >= 0.3 is 5.97 Å². The molecule has 0 aromatic carbocycles. The maximum Gasteiger partial charge on any atom is 0.320 e. The summed E-state index contributed by atoms with van der Waals surface area (Å²) in [5.41, 5.74) is 5.46. The first-order chi connectivity index (χ1) is 5.22. The van der Waals surface area contributed by atoms with Crippen molar-refractivity contribution in [3.05, 3.63) is 12.2 Å². The summed E-state index contributed by atoms with van der Waals surface area (Å²) in [5, 5.41) is 8.59. The molecular weight excluding hydrogens is 142 g/mol. The summed E-state index contributed by atoms with van der Waals surface area (Å²) in [7, 11) is 0. The normalized spacial score (nSPS) is 26.5. The topological polar surface area (TPSA) is 63.3 Å². The van der Waals surface area contributed by atoms with Crippen LogP contribution in [0.15, 0.2) is 12.2 Å². The zero-order valence-electron chi connectivity index (χ0n) is 6.36. The van der Waals surface area contributed by atoms with Gasteiger partial charge in [0.25, 0.3) is 0 Å². The standard InChI is InChI=1S/C8H13NO2/c9-7(8(10)11)6-4-2-1-3-5-6/h1-2,6-7H,3-5,9H2,(H,10,11)/t6-,7+/m1/s1. The number of carbonyl (C=O) groups is 1. The second-order valence-electron chi connectivity index (χ2n) is 2.91. The van der Waals surface area contributed by atoms with Gasteiger partial charge in [0, 0.05) is 0 Å². The molecule has 3 N–H and O–H groups in total. The summed E-state index contributed by atoms with van der Waals surface area (Å²) in [6.45, 7) is 0. The fourth-order valence-electron chi connectivity index (χ4n) is 1.34. The molecule has 0 spiro atoms. The third-order valence-electron chi connectivity index (χ3n) is 2.10. The molecule has 0 aliphatic heterocycles. The first kappa shape index (κ1) is 8.27. The average Bonchev–Trinajstić information content (AvgIpc) is 2.05. The number of nitrogens with two attached hydrogens (primary N) is 1. The molecule has 2 atom stereocenters. The molecule has 0 amide bonds. The number of hydrogen-bond acceptors (Lipinski definition) is 2. The van der Waals surface area contributed by atoms with E-state index in [1.54, 1.807) is 0 Å². The van der Waals surface area contributed by atoms with Crippen molar-refractivity contribution in [2.24, 2.45) is 11.7 Å². The molecule has 3 heteroatoms. The number of hydrogen-bond donors (Lipinski definition) is 2. The molecule has 0 aromatic heterocycles. The quantitative estimate of drug-likeness (QED) is 0.578. The predicted molar refractivity (Wildman–Crippen MR) is 42.1 cm³/mol. The Morgan fingerprint density at radius 1 is 1.64 bits per heavy atom. The Morgan fingerprint density at radius 2 is 2.36 bits per heavy atom. The van der Waals surface area contributed by atoms with Crippen molar-refractivity contribution in [3.8, 4) is 0 Å². The van der Waals surface area contributed by atoms with Gasteiger partial charge in [0.1, 0.15) is 6.04 Å². The van der Waals surface area contributed by atoms with Gasteiger partial charge in [-0.1, -0.05) is 12.2 Å². The van der Waals surface area contributed by atoms with Gasteiger partial charge in [-0.05, 0) is 25.2 Å². The Hall–Kier alpha value is -0.830. The van der Waals surface area contributed by atoms with Crippen LogP contribution in [0.4, 0.5) is 0 Å². The van der Waals surface area contributed by atoms with Crippen molar-refractivity contribution in [2.75, 3.05) is 0 Å². The van der Waals surface area contributed by atoms with Crippen molar-refractivity contribution in [1.82, 2.24) is 0 Å². The second-order valence-corrected chi connectivity index (χ2v) is 2.91. The van der Waals surface area contributed by atoms with Crippen molar-refractivity contribution >= 4 is 5.97 Å². The summed E-state index contributed by atoms with van der Waals surface area (Å²) in [6, 6.07) is -0.681. The predicted octanol–water partition coefficient (Wildman–Crippen LogP) is 0.755. The van der Waals surface area contributed by atoms with Crippen molar-refractivity contribution in [1.29, 1.82) is 0 Å². The van der Waals surface area contributed by atoms with Gasteiger partial charge in [0.2, 0.25) is 0 Å². The van der Waals surface area contributed by atoms with Gasteiger partial charge in [0.05, 0.1) is 0 Å². The monoisotopic (exact) mass is 155 g/mol. The molecular formula is C8H13NO2. The Kier molecular flexibility index (Phi) is 2.65. The lowest BCUT2D eigenvalue weighted by Crippen LogP contribution is -2.38. The summed E-state index contributed by atoms with van der Waals surface area (Å²) in [4.78, 5) is 10.4. The fourth-order valence-corrected chi connectivity index (χ4v) is 1.34. The van der Waals surface area contributed by atoms with Gasteiger partial charge in [0.15, 0.2) is 0 Å². The zero-order chi connectivity index (χ0) is 8.27. The highest BCUT2D eigenvalue weighted by molar-refractivity contribution is 5.73. The molecule has 0 fully saturated rings. The lowest BCUT2D eigenvalue weighted by Gasteiger charge is -2.20. The van der Waals surface area contributed by atoms with Crippen LogP contribution < -0.4 is 5.73 Å². The van der Waals surface area contributed by atoms with Crippen LogP contribution in [-0.4, -0.2) is 17.1 Å². The minimum Gasteiger partial charge on any atom is -0.480 e. The average molecular weight is 155 g/mol. The summed E-state index contributed by atoms with van der Waals surface area (Å²) >= 11 is 0. The van der Waals surface area contributed by atoms with Crippen LogP contribution in [0.2, 0.25) is 0 Å². The SMILES string of the molecule is N[C@H](C(=O)O)[C@@H]1CC=CCC1. The van der Waals surface area contributed by atoms with Gasteiger partial charge in [-0.15, -0.1) is 0 Å². The van der Waals surface area contributed by atoms with Crippen LogP contribution in [0.3, 0.4) is 0 Å². The minimum atomic E-state index is -0.884. The first-order valence-corrected chi connectivity index (χ1v) is 3.85. The third kappa shape index (κ3) is 2.05.